The summed E-state index contributed by atoms with van der Waals surface area (Å²) in [6, 6.07) is 0.733. The summed E-state index contributed by atoms with van der Waals surface area (Å²) in [7, 11) is 4.29. The Bertz CT molecular complexity index is 227. The summed E-state index contributed by atoms with van der Waals surface area (Å²) in [4.78, 5) is 4.69. The van der Waals surface area contributed by atoms with Crippen LogP contribution in [0, 0.1) is 5.92 Å². The molecule has 18 heavy (non-hydrogen) atoms. The maximum absolute atomic E-state index is 9.63. The van der Waals surface area contributed by atoms with Crippen molar-refractivity contribution in [3.8, 4) is 0 Å². The van der Waals surface area contributed by atoms with Crippen LogP contribution in [0.4, 0.5) is 0 Å². The fourth-order valence-electron chi connectivity index (χ4n) is 2.94. The molecule has 0 spiro atoms. The average Bonchev–Trinajstić information content (AvgIpc) is 2.29. The lowest BCUT2D eigenvalue weighted by Gasteiger charge is -2.41. The van der Waals surface area contributed by atoms with Gasteiger partial charge in [0, 0.05) is 18.1 Å². The van der Waals surface area contributed by atoms with Crippen molar-refractivity contribution in [2.24, 2.45) is 11.7 Å². The highest BCUT2D eigenvalue weighted by molar-refractivity contribution is 4.87. The van der Waals surface area contributed by atoms with Gasteiger partial charge in [-0.1, -0.05) is 13.8 Å². The second-order valence-corrected chi connectivity index (χ2v) is 6.24. The summed E-state index contributed by atoms with van der Waals surface area (Å²) < 4.78 is 0. The monoisotopic (exact) mass is 257 g/mol. The molecule has 0 amide bonds. The van der Waals surface area contributed by atoms with Crippen molar-refractivity contribution in [3.05, 3.63) is 0 Å². The SMILES string of the molecule is CC(C)CC(N)C(CO)N(C)C1CCN(C)CC1. The van der Waals surface area contributed by atoms with Gasteiger partial charge in [-0.05, 0) is 52.4 Å². The molecule has 2 unspecified atom stereocenters. The molecule has 0 aromatic rings. The molecule has 0 aliphatic carbocycles. The van der Waals surface area contributed by atoms with Crippen LogP contribution in [-0.2, 0) is 0 Å². The zero-order valence-corrected chi connectivity index (χ0v) is 12.5. The van der Waals surface area contributed by atoms with Gasteiger partial charge in [-0.2, -0.15) is 0 Å². The Hall–Kier alpha value is -0.160. The number of likely N-dealkylation sites (tertiary alicyclic amines) is 1. The molecule has 0 aromatic heterocycles. The Morgan fingerprint density at radius 3 is 2.33 bits per heavy atom. The van der Waals surface area contributed by atoms with Crippen LogP contribution in [0.1, 0.15) is 33.1 Å². The van der Waals surface area contributed by atoms with E-state index in [9.17, 15) is 5.11 Å². The van der Waals surface area contributed by atoms with Gasteiger partial charge < -0.3 is 15.7 Å². The van der Waals surface area contributed by atoms with Gasteiger partial charge in [-0.25, -0.2) is 0 Å². The summed E-state index contributed by atoms with van der Waals surface area (Å²) >= 11 is 0. The predicted octanol–water partition coefficient (Wildman–Crippen LogP) is 0.747. The lowest BCUT2D eigenvalue weighted by Crippen LogP contribution is -2.54. The number of aliphatic hydroxyl groups is 1. The van der Waals surface area contributed by atoms with E-state index in [1.807, 2.05) is 0 Å². The van der Waals surface area contributed by atoms with Crippen molar-refractivity contribution < 1.29 is 5.11 Å². The molecule has 4 nitrogen and oxygen atoms in total. The van der Waals surface area contributed by atoms with E-state index in [1.54, 1.807) is 0 Å². The number of hydrogen-bond donors (Lipinski definition) is 2. The molecule has 2 atom stereocenters. The average molecular weight is 257 g/mol. The molecule has 1 aliphatic heterocycles. The largest absolute Gasteiger partial charge is 0.395 e. The quantitative estimate of drug-likeness (QED) is 0.737. The summed E-state index contributed by atoms with van der Waals surface area (Å²) in [5.74, 6) is 0.583. The van der Waals surface area contributed by atoms with Gasteiger partial charge in [0.15, 0.2) is 0 Å². The number of aliphatic hydroxyl groups excluding tert-OH is 1. The Morgan fingerprint density at radius 1 is 1.33 bits per heavy atom. The Morgan fingerprint density at radius 2 is 1.89 bits per heavy atom. The minimum absolute atomic E-state index is 0.0691. The maximum atomic E-state index is 9.63. The smallest absolute Gasteiger partial charge is 0.0601 e. The Labute approximate surface area is 112 Å². The third-order valence-corrected chi connectivity index (χ3v) is 4.21. The molecule has 1 saturated heterocycles. The molecule has 1 fully saturated rings. The van der Waals surface area contributed by atoms with Crippen molar-refractivity contribution in [1.82, 2.24) is 9.80 Å². The number of hydrogen-bond acceptors (Lipinski definition) is 4. The van der Waals surface area contributed by atoms with Crippen molar-refractivity contribution in [3.63, 3.8) is 0 Å². The van der Waals surface area contributed by atoms with Gasteiger partial charge in [-0.15, -0.1) is 0 Å². The molecule has 3 N–H and O–H groups in total. The summed E-state index contributed by atoms with van der Waals surface area (Å²) in [5.41, 5.74) is 6.25. The fourth-order valence-corrected chi connectivity index (χ4v) is 2.94. The lowest BCUT2D eigenvalue weighted by atomic mass is 9.95. The third-order valence-electron chi connectivity index (χ3n) is 4.21. The van der Waals surface area contributed by atoms with Crippen molar-refractivity contribution >= 4 is 0 Å². The van der Waals surface area contributed by atoms with Crippen LogP contribution in [0.15, 0.2) is 0 Å². The predicted molar refractivity (Wildman–Crippen MR) is 76.6 cm³/mol. The van der Waals surface area contributed by atoms with E-state index in [-0.39, 0.29) is 18.7 Å². The van der Waals surface area contributed by atoms with Crippen LogP contribution in [0.25, 0.3) is 0 Å². The van der Waals surface area contributed by atoms with E-state index in [1.165, 1.54) is 12.8 Å². The highest BCUT2D eigenvalue weighted by Crippen LogP contribution is 2.19. The first kappa shape index (κ1) is 15.9. The van der Waals surface area contributed by atoms with Gasteiger partial charge in [0.2, 0.25) is 0 Å². The number of nitrogens with zero attached hydrogens (tertiary/aromatic N) is 2. The van der Waals surface area contributed by atoms with Gasteiger partial charge >= 0.3 is 0 Å². The standard InChI is InChI=1S/C14H31N3O/c1-11(2)9-13(15)14(10-18)17(4)12-5-7-16(3)8-6-12/h11-14,18H,5-10,15H2,1-4H3. The minimum Gasteiger partial charge on any atom is -0.395 e. The molecule has 108 valence electrons. The van der Waals surface area contributed by atoms with Gasteiger partial charge in [0.05, 0.1) is 6.61 Å². The summed E-state index contributed by atoms with van der Waals surface area (Å²) in [6.07, 6.45) is 3.33. The molecule has 0 saturated carbocycles. The van der Waals surface area contributed by atoms with Crippen LogP contribution in [0.2, 0.25) is 0 Å². The van der Waals surface area contributed by atoms with Crippen LogP contribution in [0.5, 0.6) is 0 Å². The van der Waals surface area contributed by atoms with E-state index in [0.29, 0.717) is 12.0 Å². The van der Waals surface area contributed by atoms with E-state index in [2.05, 4.69) is 37.7 Å². The molecule has 4 heteroatoms. The number of nitrogens with two attached hydrogens (primary N) is 1. The van der Waals surface area contributed by atoms with Crippen LogP contribution in [0.3, 0.4) is 0 Å². The minimum atomic E-state index is 0.0691. The Balaban J connectivity index is 2.52. The first-order chi connectivity index (χ1) is 8.45. The lowest BCUT2D eigenvalue weighted by molar-refractivity contribution is 0.0567. The van der Waals surface area contributed by atoms with Crippen LogP contribution < -0.4 is 5.73 Å². The highest BCUT2D eigenvalue weighted by atomic mass is 16.3. The van der Waals surface area contributed by atoms with Crippen LogP contribution in [-0.4, -0.2) is 66.8 Å². The van der Waals surface area contributed by atoms with E-state index < -0.39 is 0 Å². The van der Waals surface area contributed by atoms with E-state index in [0.717, 1.165) is 19.5 Å². The molecule has 1 heterocycles. The van der Waals surface area contributed by atoms with Crippen molar-refractivity contribution in [2.75, 3.05) is 33.8 Å². The van der Waals surface area contributed by atoms with E-state index in [4.69, 9.17) is 5.73 Å². The number of rotatable bonds is 6. The fraction of sp³-hybridized carbons (Fsp3) is 1.00. The maximum Gasteiger partial charge on any atom is 0.0601 e. The molecule has 1 rings (SSSR count). The normalized spacial score (nSPS) is 22.7. The van der Waals surface area contributed by atoms with Gasteiger partial charge in [0.25, 0.3) is 0 Å². The van der Waals surface area contributed by atoms with Gasteiger partial charge in [-0.3, -0.25) is 4.90 Å². The molecule has 0 bridgehead atoms. The first-order valence-electron chi connectivity index (χ1n) is 7.22. The molecule has 0 aromatic carbocycles. The van der Waals surface area contributed by atoms with Gasteiger partial charge in [0.1, 0.15) is 0 Å². The van der Waals surface area contributed by atoms with E-state index >= 15 is 0 Å². The molecular weight excluding hydrogens is 226 g/mol. The Kier molecular flexibility index (Phi) is 6.57. The van der Waals surface area contributed by atoms with Crippen molar-refractivity contribution in [2.45, 2.75) is 51.2 Å². The van der Waals surface area contributed by atoms with Crippen molar-refractivity contribution in [1.29, 1.82) is 0 Å². The first-order valence-corrected chi connectivity index (χ1v) is 7.22. The zero-order valence-electron chi connectivity index (χ0n) is 12.5. The summed E-state index contributed by atoms with van der Waals surface area (Å²) in [6.45, 7) is 6.82. The third kappa shape index (κ3) is 4.50. The molecule has 1 aliphatic rings. The summed E-state index contributed by atoms with van der Waals surface area (Å²) in [5, 5.41) is 9.63. The second-order valence-electron chi connectivity index (χ2n) is 6.24. The van der Waals surface area contributed by atoms with Crippen LogP contribution >= 0.6 is 0 Å². The topological polar surface area (TPSA) is 52.7 Å². The highest BCUT2D eigenvalue weighted by Gasteiger charge is 2.29. The second kappa shape index (κ2) is 7.43. The molecular formula is C14H31N3O. The zero-order chi connectivity index (χ0) is 13.7. The number of piperidine rings is 1. The molecule has 0 radical (unpaired) electrons. The number of likely N-dealkylation sites (N-methyl/N-ethyl adjacent to an activating group) is 1.